The highest BCUT2D eigenvalue weighted by atomic mass is 16.7. The summed E-state index contributed by atoms with van der Waals surface area (Å²) in [6.45, 7) is 1.31. The van der Waals surface area contributed by atoms with Gasteiger partial charge in [-0.15, -0.1) is 0 Å². The van der Waals surface area contributed by atoms with Crippen molar-refractivity contribution in [3.63, 3.8) is 0 Å². The molecule has 0 unspecified atom stereocenters. The van der Waals surface area contributed by atoms with Crippen LogP contribution < -0.4 is 19.5 Å². The van der Waals surface area contributed by atoms with E-state index in [0.717, 1.165) is 28.6 Å². The molecule has 5 rings (SSSR count). The van der Waals surface area contributed by atoms with E-state index in [0.29, 0.717) is 24.7 Å². The first kappa shape index (κ1) is 16.4. The number of nitrogens with zero attached hydrogens (tertiary/aromatic N) is 4. The molecule has 1 N–H and O–H groups in total. The van der Waals surface area contributed by atoms with Gasteiger partial charge < -0.3 is 19.5 Å². The molecule has 1 aliphatic rings. The normalized spacial score (nSPS) is 12.3. The molecule has 8 nitrogen and oxygen atoms in total. The molecule has 0 amide bonds. The van der Waals surface area contributed by atoms with Gasteiger partial charge in [-0.1, -0.05) is 30.3 Å². The van der Waals surface area contributed by atoms with Gasteiger partial charge in [0, 0.05) is 17.7 Å². The zero-order chi connectivity index (χ0) is 18.8. The molecule has 0 bridgehead atoms. The van der Waals surface area contributed by atoms with Crippen LogP contribution in [0.15, 0.2) is 60.9 Å². The van der Waals surface area contributed by atoms with Gasteiger partial charge in [0.05, 0.1) is 12.2 Å². The van der Waals surface area contributed by atoms with Crippen molar-refractivity contribution in [1.29, 1.82) is 0 Å². The Kier molecular flexibility index (Phi) is 4.13. The summed E-state index contributed by atoms with van der Waals surface area (Å²) in [5.74, 6) is 3.52. The Morgan fingerprint density at radius 1 is 1.04 bits per heavy atom. The van der Waals surface area contributed by atoms with Gasteiger partial charge in [-0.05, 0) is 12.1 Å². The molecule has 0 aliphatic carbocycles. The Morgan fingerprint density at radius 3 is 2.86 bits per heavy atom. The monoisotopic (exact) mass is 375 g/mol. The predicted molar refractivity (Wildman–Crippen MR) is 103 cm³/mol. The predicted octanol–water partition coefficient (Wildman–Crippen LogP) is 3.01. The van der Waals surface area contributed by atoms with Crippen molar-refractivity contribution < 1.29 is 14.2 Å². The third-order valence-electron chi connectivity index (χ3n) is 4.34. The van der Waals surface area contributed by atoms with Crippen LogP contribution in [0.3, 0.4) is 0 Å². The fraction of sp³-hybridized carbons (Fsp3) is 0.150. The van der Waals surface area contributed by atoms with Gasteiger partial charge in [-0.25, -0.2) is 4.98 Å². The number of nitrogens with one attached hydrogen (secondary N) is 1. The lowest BCUT2D eigenvalue weighted by Gasteiger charge is -2.11. The summed E-state index contributed by atoms with van der Waals surface area (Å²) in [6, 6.07) is 17.5. The maximum absolute atomic E-state index is 5.80. The molecule has 0 radical (unpaired) electrons. The molecule has 3 heterocycles. The van der Waals surface area contributed by atoms with Gasteiger partial charge in [0.15, 0.2) is 11.5 Å². The van der Waals surface area contributed by atoms with Crippen molar-refractivity contribution >= 4 is 11.6 Å². The quantitative estimate of drug-likeness (QED) is 0.519. The molecule has 0 atom stereocenters. The zero-order valence-electron chi connectivity index (χ0n) is 14.9. The number of ether oxygens (including phenoxy) is 3. The topological polar surface area (TPSA) is 82.8 Å². The third kappa shape index (κ3) is 3.16. The molecule has 4 aromatic rings. The lowest BCUT2D eigenvalue weighted by atomic mass is 10.1. The van der Waals surface area contributed by atoms with Crippen molar-refractivity contribution in [3.05, 3.63) is 60.9 Å². The maximum atomic E-state index is 5.80. The number of fused-ring (bicyclic) bond motifs is 2. The van der Waals surface area contributed by atoms with Crippen LogP contribution in [-0.4, -0.2) is 39.5 Å². The number of benzene rings is 2. The van der Waals surface area contributed by atoms with Crippen LogP contribution in [0, 0.1) is 0 Å². The number of hydrogen-bond donors (Lipinski definition) is 1. The molecule has 8 heteroatoms. The van der Waals surface area contributed by atoms with E-state index >= 15 is 0 Å². The van der Waals surface area contributed by atoms with Gasteiger partial charge in [0.25, 0.3) is 5.78 Å². The van der Waals surface area contributed by atoms with Crippen LogP contribution in [0.1, 0.15) is 0 Å². The van der Waals surface area contributed by atoms with E-state index in [1.54, 1.807) is 4.52 Å². The summed E-state index contributed by atoms with van der Waals surface area (Å²) in [6.07, 6.45) is 1.49. The first-order chi connectivity index (χ1) is 13.9. The van der Waals surface area contributed by atoms with Gasteiger partial charge in [-0.2, -0.15) is 14.6 Å². The van der Waals surface area contributed by atoms with E-state index < -0.39 is 0 Å². The van der Waals surface area contributed by atoms with E-state index in [4.69, 9.17) is 14.2 Å². The molecule has 140 valence electrons. The number of aromatic nitrogens is 4. The number of anilines is 1. The van der Waals surface area contributed by atoms with Gasteiger partial charge >= 0.3 is 0 Å². The van der Waals surface area contributed by atoms with Crippen molar-refractivity contribution in [1.82, 2.24) is 19.6 Å². The molecule has 1 aliphatic heterocycles. The van der Waals surface area contributed by atoms with Gasteiger partial charge in [-0.3, -0.25) is 0 Å². The Bertz CT molecular complexity index is 1110. The highest BCUT2D eigenvalue weighted by molar-refractivity contribution is 5.65. The highest BCUT2D eigenvalue weighted by Crippen LogP contribution is 2.35. The van der Waals surface area contributed by atoms with E-state index in [2.05, 4.69) is 20.4 Å². The number of hydrogen-bond acceptors (Lipinski definition) is 7. The van der Waals surface area contributed by atoms with E-state index in [1.165, 1.54) is 6.33 Å². The third-order valence-corrected chi connectivity index (χ3v) is 4.34. The van der Waals surface area contributed by atoms with Gasteiger partial charge in [0.2, 0.25) is 6.79 Å². The second-order valence-electron chi connectivity index (χ2n) is 6.15. The molecule has 2 aromatic carbocycles. The molecular weight excluding hydrogens is 358 g/mol. The van der Waals surface area contributed by atoms with Crippen LogP contribution in [0.4, 0.5) is 5.82 Å². The summed E-state index contributed by atoms with van der Waals surface area (Å²) >= 11 is 0. The zero-order valence-corrected chi connectivity index (χ0v) is 14.9. The average Bonchev–Trinajstić information content (AvgIpc) is 3.40. The summed E-state index contributed by atoms with van der Waals surface area (Å²) < 4.78 is 18.1. The van der Waals surface area contributed by atoms with Crippen LogP contribution in [0.5, 0.6) is 17.2 Å². The van der Waals surface area contributed by atoms with E-state index in [9.17, 15) is 0 Å². The van der Waals surface area contributed by atoms with Crippen molar-refractivity contribution in [2.24, 2.45) is 0 Å². The molecule has 0 spiro atoms. The summed E-state index contributed by atoms with van der Waals surface area (Å²) in [5.41, 5.74) is 1.85. The van der Waals surface area contributed by atoms with E-state index in [1.807, 2.05) is 54.6 Å². The van der Waals surface area contributed by atoms with Crippen LogP contribution in [0.2, 0.25) is 0 Å². The summed E-state index contributed by atoms with van der Waals surface area (Å²) in [4.78, 5) is 8.79. The lowest BCUT2D eigenvalue weighted by molar-refractivity contribution is 0.174. The molecule has 0 saturated carbocycles. The Balaban J connectivity index is 1.29. The largest absolute Gasteiger partial charge is 0.492 e. The van der Waals surface area contributed by atoms with Crippen molar-refractivity contribution in [2.45, 2.75) is 0 Å². The maximum Gasteiger partial charge on any atom is 0.254 e. The highest BCUT2D eigenvalue weighted by Gasteiger charge is 2.14. The minimum Gasteiger partial charge on any atom is -0.492 e. The van der Waals surface area contributed by atoms with Crippen LogP contribution in [0.25, 0.3) is 17.0 Å². The fourth-order valence-corrected chi connectivity index (χ4v) is 3.01. The van der Waals surface area contributed by atoms with E-state index in [-0.39, 0.29) is 6.79 Å². The second kappa shape index (κ2) is 7.07. The van der Waals surface area contributed by atoms with Crippen LogP contribution >= 0.6 is 0 Å². The Labute approximate surface area is 160 Å². The van der Waals surface area contributed by atoms with Gasteiger partial charge in [0.1, 0.15) is 24.5 Å². The average molecular weight is 375 g/mol. The standard InChI is InChI=1S/C20H17N5O3/c1-2-4-14(5-3-1)16-11-19(25-20(24-16)22-12-23-25)21-8-9-26-15-6-7-17-18(10-15)28-13-27-17/h1-7,10-12,21H,8-9,13H2. The molecule has 2 aromatic heterocycles. The number of rotatable bonds is 6. The lowest BCUT2D eigenvalue weighted by Crippen LogP contribution is -2.14. The first-order valence-electron chi connectivity index (χ1n) is 8.89. The fourth-order valence-electron chi connectivity index (χ4n) is 3.01. The molecule has 0 saturated heterocycles. The minimum absolute atomic E-state index is 0.250. The van der Waals surface area contributed by atoms with Crippen molar-refractivity contribution in [2.75, 3.05) is 25.3 Å². The smallest absolute Gasteiger partial charge is 0.254 e. The minimum atomic E-state index is 0.250. The first-order valence-corrected chi connectivity index (χ1v) is 8.89. The Hall–Kier alpha value is -3.81. The summed E-state index contributed by atoms with van der Waals surface area (Å²) in [7, 11) is 0. The van der Waals surface area contributed by atoms with Crippen LogP contribution in [-0.2, 0) is 0 Å². The molecule has 28 heavy (non-hydrogen) atoms. The van der Waals surface area contributed by atoms with Crippen molar-refractivity contribution in [3.8, 4) is 28.5 Å². The Morgan fingerprint density at radius 2 is 1.93 bits per heavy atom. The molecular formula is C20H17N5O3. The SMILES string of the molecule is c1ccc(-c2cc(NCCOc3ccc4c(c3)OCO4)n3ncnc3n2)cc1. The second-order valence-corrected chi connectivity index (χ2v) is 6.15. The summed E-state index contributed by atoms with van der Waals surface area (Å²) in [5, 5.41) is 7.59. The molecule has 0 fully saturated rings.